The Morgan fingerprint density at radius 1 is 1.55 bits per heavy atom. The fourth-order valence-corrected chi connectivity index (χ4v) is 2.16. The molecule has 0 aromatic carbocycles. The van der Waals surface area contributed by atoms with Crippen molar-refractivity contribution in [3.63, 3.8) is 0 Å². The number of hydrogen-bond acceptors (Lipinski definition) is 1. The van der Waals surface area contributed by atoms with Crippen molar-refractivity contribution in [1.82, 2.24) is 0 Å². The van der Waals surface area contributed by atoms with Crippen molar-refractivity contribution in [1.29, 1.82) is 0 Å². The smallest absolute Gasteiger partial charge is 0.0467 e. The van der Waals surface area contributed by atoms with Gasteiger partial charge in [-0.05, 0) is 31.1 Å². The lowest BCUT2D eigenvalue weighted by molar-refractivity contribution is 0.144. The summed E-state index contributed by atoms with van der Waals surface area (Å²) in [6.45, 7) is 6.95. The van der Waals surface area contributed by atoms with E-state index in [1.54, 1.807) is 0 Å². The van der Waals surface area contributed by atoms with Gasteiger partial charge in [0.1, 0.15) is 0 Å². The number of rotatable bonds is 1. The lowest BCUT2D eigenvalue weighted by Crippen LogP contribution is -2.26. The molecule has 0 heterocycles. The van der Waals surface area contributed by atoms with Crippen LogP contribution in [0.3, 0.4) is 0 Å². The first-order valence-corrected chi connectivity index (χ1v) is 4.43. The van der Waals surface area contributed by atoms with Crippen molar-refractivity contribution >= 4 is 0 Å². The summed E-state index contributed by atoms with van der Waals surface area (Å²) in [7, 11) is 0. The third-order valence-electron chi connectivity index (χ3n) is 2.81. The molecule has 0 bridgehead atoms. The molecule has 0 amide bonds. The zero-order valence-corrected chi connectivity index (χ0v) is 7.67. The van der Waals surface area contributed by atoms with Gasteiger partial charge in [-0.25, -0.2) is 0 Å². The highest BCUT2D eigenvalue weighted by molar-refractivity contribution is 5.07. The maximum absolute atomic E-state index is 9.09. The summed E-state index contributed by atoms with van der Waals surface area (Å²) in [6, 6.07) is 0. The third kappa shape index (κ3) is 1.84. The van der Waals surface area contributed by atoms with Gasteiger partial charge in [-0.2, -0.15) is 0 Å². The van der Waals surface area contributed by atoms with Gasteiger partial charge in [0.05, 0.1) is 0 Å². The molecule has 1 rings (SSSR count). The van der Waals surface area contributed by atoms with Crippen molar-refractivity contribution in [2.75, 3.05) is 6.61 Å². The highest BCUT2D eigenvalue weighted by Crippen LogP contribution is 2.32. The van der Waals surface area contributed by atoms with Gasteiger partial charge in [0.25, 0.3) is 0 Å². The predicted molar refractivity (Wildman–Crippen MR) is 47.3 cm³/mol. The lowest BCUT2D eigenvalue weighted by Gasteiger charge is -2.31. The number of aliphatic hydroxyl groups is 1. The van der Waals surface area contributed by atoms with Crippen molar-refractivity contribution in [3.8, 4) is 0 Å². The van der Waals surface area contributed by atoms with Gasteiger partial charge in [-0.1, -0.05) is 25.5 Å². The predicted octanol–water partition coefficient (Wildman–Crippen LogP) is 2.22. The van der Waals surface area contributed by atoms with E-state index in [9.17, 15) is 0 Å². The average Bonchev–Trinajstić information content (AvgIpc) is 1.85. The molecule has 1 N–H and O–H groups in total. The van der Waals surface area contributed by atoms with E-state index in [-0.39, 0.29) is 0 Å². The first kappa shape index (κ1) is 8.79. The molecule has 0 saturated carbocycles. The molecule has 1 aliphatic carbocycles. The van der Waals surface area contributed by atoms with Crippen LogP contribution >= 0.6 is 0 Å². The summed E-state index contributed by atoms with van der Waals surface area (Å²) in [6.07, 6.45) is 3.45. The van der Waals surface area contributed by atoms with Gasteiger partial charge in [-0.3, -0.25) is 0 Å². The van der Waals surface area contributed by atoms with Crippen LogP contribution in [-0.2, 0) is 0 Å². The Bertz CT molecular complexity index is 160. The maximum atomic E-state index is 9.09. The van der Waals surface area contributed by atoms with Gasteiger partial charge < -0.3 is 5.11 Å². The topological polar surface area (TPSA) is 20.2 Å². The summed E-state index contributed by atoms with van der Waals surface area (Å²) >= 11 is 0. The van der Waals surface area contributed by atoms with Crippen molar-refractivity contribution in [2.45, 2.75) is 27.2 Å². The first-order chi connectivity index (χ1) is 5.15. The molecule has 1 nitrogen and oxygen atoms in total. The summed E-state index contributed by atoms with van der Waals surface area (Å²) < 4.78 is 0. The summed E-state index contributed by atoms with van der Waals surface area (Å²) in [5, 5.41) is 9.09. The fraction of sp³-hybridized carbons (Fsp3) is 0.800. The molecule has 0 unspecified atom stereocenters. The highest BCUT2D eigenvalue weighted by Gasteiger charge is 2.25. The molecule has 1 aliphatic rings. The molecule has 0 aliphatic heterocycles. The van der Waals surface area contributed by atoms with E-state index in [0.29, 0.717) is 24.4 Å². The van der Waals surface area contributed by atoms with Crippen molar-refractivity contribution in [3.05, 3.63) is 11.6 Å². The molecular formula is C10H18O. The number of allylic oxidation sites excluding steroid dienone is 2. The Morgan fingerprint density at radius 3 is 2.64 bits per heavy atom. The molecular weight excluding hydrogens is 136 g/mol. The van der Waals surface area contributed by atoms with E-state index in [1.165, 1.54) is 5.57 Å². The molecule has 0 radical (unpaired) electrons. The van der Waals surface area contributed by atoms with Crippen LogP contribution in [0.4, 0.5) is 0 Å². The van der Waals surface area contributed by atoms with Crippen molar-refractivity contribution in [2.24, 2.45) is 17.8 Å². The molecule has 0 aromatic rings. The van der Waals surface area contributed by atoms with E-state index in [2.05, 4.69) is 26.8 Å². The van der Waals surface area contributed by atoms with E-state index in [4.69, 9.17) is 5.11 Å². The van der Waals surface area contributed by atoms with Crippen LogP contribution in [0.25, 0.3) is 0 Å². The zero-order valence-electron chi connectivity index (χ0n) is 7.67. The average molecular weight is 154 g/mol. The molecule has 11 heavy (non-hydrogen) atoms. The van der Waals surface area contributed by atoms with Crippen LogP contribution in [0.15, 0.2) is 11.6 Å². The van der Waals surface area contributed by atoms with Gasteiger partial charge >= 0.3 is 0 Å². The largest absolute Gasteiger partial charge is 0.396 e. The van der Waals surface area contributed by atoms with Crippen LogP contribution in [0.2, 0.25) is 0 Å². The Morgan fingerprint density at radius 2 is 2.18 bits per heavy atom. The Balaban J connectivity index is 2.69. The molecule has 0 spiro atoms. The number of aliphatic hydroxyl groups excluding tert-OH is 1. The van der Waals surface area contributed by atoms with Crippen LogP contribution in [0, 0.1) is 17.8 Å². The highest BCUT2D eigenvalue weighted by atomic mass is 16.3. The fourth-order valence-electron chi connectivity index (χ4n) is 2.16. The quantitative estimate of drug-likeness (QED) is 0.574. The van der Waals surface area contributed by atoms with Crippen LogP contribution in [-0.4, -0.2) is 11.7 Å². The first-order valence-electron chi connectivity index (χ1n) is 4.43. The summed E-state index contributed by atoms with van der Waals surface area (Å²) in [5.74, 6) is 1.70. The van der Waals surface area contributed by atoms with Crippen LogP contribution in [0.5, 0.6) is 0 Å². The Hall–Kier alpha value is -0.300. The van der Waals surface area contributed by atoms with Gasteiger partial charge in [0, 0.05) is 6.61 Å². The maximum Gasteiger partial charge on any atom is 0.0467 e. The van der Waals surface area contributed by atoms with E-state index < -0.39 is 0 Å². The summed E-state index contributed by atoms with van der Waals surface area (Å²) in [5.41, 5.74) is 1.48. The monoisotopic (exact) mass is 154 g/mol. The van der Waals surface area contributed by atoms with Crippen LogP contribution in [0.1, 0.15) is 27.2 Å². The molecule has 0 fully saturated rings. The molecule has 0 saturated heterocycles. The van der Waals surface area contributed by atoms with E-state index in [1.807, 2.05) is 0 Å². The Labute approximate surface area is 69.1 Å². The van der Waals surface area contributed by atoms with Crippen LogP contribution < -0.4 is 0 Å². The zero-order chi connectivity index (χ0) is 8.43. The third-order valence-corrected chi connectivity index (χ3v) is 2.81. The van der Waals surface area contributed by atoms with Gasteiger partial charge in [-0.15, -0.1) is 0 Å². The van der Waals surface area contributed by atoms with Gasteiger partial charge in [0.2, 0.25) is 0 Å². The van der Waals surface area contributed by atoms with E-state index in [0.717, 1.165) is 6.42 Å². The molecule has 64 valence electrons. The summed E-state index contributed by atoms with van der Waals surface area (Å²) in [4.78, 5) is 0. The molecule has 1 heteroatoms. The van der Waals surface area contributed by atoms with E-state index >= 15 is 0 Å². The second kappa shape index (κ2) is 3.40. The minimum atomic E-state index is 0.339. The SMILES string of the molecule is CC1=C[C@H](C)[C@@H](CO)[C@@H](C)C1. The lowest BCUT2D eigenvalue weighted by atomic mass is 9.75. The minimum absolute atomic E-state index is 0.339. The van der Waals surface area contributed by atoms with Gasteiger partial charge in [0.15, 0.2) is 0 Å². The second-order valence-corrected chi connectivity index (χ2v) is 3.90. The molecule has 0 aromatic heterocycles. The number of hydrogen-bond donors (Lipinski definition) is 1. The van der Waals surface area contributed by atoms with Crippen molar-refractivity contribution < 1.29 is 5.11 Å². The normalized spacial score (nSPS) is 38.5. The standard InChI is InChI=1S/C10H18O/c1-7-4-8(2)10(6-11)9(3)5-7/h4,8-11H,5-6H2,1-3H3/t8-,9-,10+/m0/s1. The Kier molecular flexibility index (Phi) is 2.72. The second-order valence-electron chi connectivity index (χ2n) is 3.90. The minimum Gasteiger partial charge on any atom is -0.396 e. The molecule has 3 atom stereocenters.